The lowest BCUT2D eigenvalue weighted by Crippen LogP contribution is -2.17. The van der Waals surface area contributed by atoms with Crippen molar-refractivity contribution in [2.45, 2.75) is 38.0 Å². The van der Waals surface area contributed by atoms with Crippen LogP contribution in [0.15, 0.2) is 12.1 Å². The number of hydrogen-bond acceptors (Lipinski definition) is 2. The molecule has 0 heterocycles. The lowest BCUT2D eigenvalue weighted by Gasteiger charge is -2.30. The summed E-state index contributed by atoms with van der Waals surface area (Å²) in [7, 11) is 3.04. The number of hydrogen-bond donors (Lipinski definition) is 0. The minimum atomic E-state index is -0.318. The first-order chi connectivity index (χ1) is 9.56. The molecule has 1 saturated carbocycles. The fraction of sp³-hybridized carbons (Fsp3) is 0.625. The molecule has 1 aromatic carbocycles. The first-order valence-electron chi connectivity index (χ1n) is 7.12. The standard InChI is InChI=1S/C16H22ClFO2/c1-10-4-6-11(7-5-10)16(17)12-8-14(19-2)15(20-3)9-13(12)18/h8-11,16H,4-7H2,1-3H3. The topological polar surface area (TPSA) is 18.5 Å². The number of methoxy groups -OCH3 is 2. The molecule has 1 aliphatic carbocycles. The monoisotopic (exact) mass is 300 g/mol. The van der Waals surface area contributed by atoms with Gasteiger partial charge < -0.3 is 9.47 Å². The van der Waals surface area contributed by atoms with Gasteiger partial charge in [-0.05, 0) is 30.7 Å². The molecule has 0 N–H and O–H groups in total. The van der Waals surface area contributed by atoms with E-state index in [4.69, 9.17) is 21.1 Å². The van der Waals surface area contributed by atoms with Crippen LogP contribution in [0.1, 0.15) is 43.5 Å². The van der Waals surface area contributed by atoms with E-state index in [-0.39, 0.29) is 11.2 Å². The molecule has 1 fully saturated rings. The Hall–Kier alpha value is -0.960. The normalized spacial score (nSPS) is 24.2. The minimum Gasteiger partial charge on any atom is -0.493 e. The van der Waals surface area contributed by atoms with Crippen molar-refractivity contribution in [1.82, 2.24) is 0 Å². The second-order valence-corrected chi connectivity index (χ2v) is 6.12. The molecular formula is C16H22ClFO2. The molecule has 2 nitrogen and oxygen atoms in total. The van der Waals surface area contributed by atoms with Gasteiger partial charge in [0, 0.05) is 11.6 Å². The van der Waals surface area contributed by atoms with Gasteiger partial charge >= 0.3 is 0 Å². The molecule has 1 aliphatic rings. The Morgan fingerprint density at radius 3 is 2.20 bits per heavy atom. The molecule has 4 heteroatoms. The van der Waals surface area contributed by atoms with E-state index in [1.165, 1.54) is 26.0 Å². The van der Waals surface area contributed by atoms with Crippen molar-refractivity contribution in [3.63, 3.8) is 0 Å². The first-order valence-corrected chi connectivity index (χ1v) is 7.56. The quantitative estimate of drug-likeness (QED) is 0.733. The predicted octanol–water partition coefficient (Wildman–Crippen LogP) is 4.95. The van der Waals surface area contributed by atoms with E-state index >= 15 is 0 Å². The average Bonchev–Trinajstić information content (AvgIpc) is 2.47. The highest BCUT2D eigenvalue weighted by Crippen LogP contribution is 2.43. The maximum Gasteiger partial charge on any atom is 0.163 e. The molecule has 0 aliphatic heterocycles. The molecule has 1 unspecified atom stereocenters. The van der Waals surface area contributed by atoms with Crippen LogP contribution >= 0.6 is 11.6 Å². The highest BCUT2D eigenvalue weighted by atomic mass is 35.5. The van der Waals surface area contributed by atoms with Gasteiger partial charge in [-0.15, -0.1) is 11.6 Å². The van der Waals surface area contributed by atoms with Crippen LogP contribution in [0.5, 0.6) is 11.5 Å². The van der Waals surface area contributed by atoms with E-state index < -0.39 is 0 Å². The maximum absolute atomic E-state index is 14.2. The first kappa shape index (κ1) is 15.4. The van der Waals surface area contributed by atoms with Crippen LogP contribution in [0.25, 0.3) is 0 Å². The van der Waals surface area contributed by atoms with Crippen LogP contribution in [0, 0.1) is 17.7 Å². The summed E-state index contributed by atoms with van der Waals surface area (Å²) in [6, 6.07) is 3.03. The van der Waals surface area contributed by atoms with Gasteiger partial charge in [0.25, 0.3) is 0 Å². The summed E-state index contributed by atoms with van der Waals surface area (Å²) in [6.45, 7) is 2.26. The van der Waals surface area contributed by atoms with Crippen molar-refractivity contribution < 1.29 is 13.9 Å². The molecule has 1 aromatic rings. The highest BCUT2D eigenvalue weighted by Gasteiger charge is 2.28. The van der Waals surface area contributed by atoms with Gasteiger partial charge in [0.2, 0.25) is 0 Å². The molecule has 112 valence electrons. The van der Waals surface area contributed by atoms with Gasteiger partial charge in [0.15, 0.2) is 11.5 Å². The molecule has 0 radical (unpaired) electrons. The molecule has 2 rings (SSSR count). The van der Waals surface area contributed by atoms with Crippen LogP contribution in [0.2, 0.25) is 0 Å². The largest absolute Gasteiger partial charge is 0.493 e. The molecule has 0 spiro atoms. The Balaban J connectivity index is 2.23. The van der Waals surface area contributed by atoms with Gasteiger partial charge in [-0.1, -0.05) is 19.8 Å². The van der Waals surface area contributed by atoms with Crippen molar-refractivity contribution in [3.05, 3.63) is 23.5 Å². The fourth-order valence-electron chi connectivity index (χ4n) is 2.91. The van der Waals surface area contributed by atoms with Gasteiger partial charge in [-0.2, -0.15) is 0 Å². The summed E-state index contributed by atoms with van der Waals surface area (Å²) in [5, 5.41) is -0.303. The Labute approximate surface area is 125 Å². The van der Waals surface area contributed by atoms with E-state index in [1.54, 1.807) is 13.2 Å². The number of halogens is 2. The Morgan fingerprint density at radius 2 is 1.65 bits per heavy atom. The minimum absolute atomic E-state index is 0.303. The van der Waals surface area contributed by atoms with Gasteiger partial charge in [-0.25, -0.2) is 4.39 Å². The average molecular weight is 301 g/mol. The molecule has 1 atom stereocenters. The van der Waals surface area contributed by atoms with Gasteiger partial charge in [0.1, 0.15) is 5.82 Å². The summed E-state index contributed by atoms with van der Waals surface area (Å²) in [6.07, 6.45) is 4.46. The predicted molar refractivity (Wildman–Crippen MR) is 79.2 cm³/mol. The number of alkyl halides is 1. The van der Waals surface area contributed by atoms with Crippen LogP contribution in [-0.2, 0) is 0 Å². The van der Waals surface area contributed by atoms with E-state index in [0.29, 0.717) is 23.0 Å². The van der Waals surface area contributed by atoms with Crippen LogP contribution in [0.3, 0.4) is 0 Å². The van der Waals surface area contributed by atoms with Crippen molar-refractivity contribution in [3.8, 4) is 11.5 Å². The Bertz CT molecular complexity index is 456. The number of rotatable bonds is 4. The Kier molecular flexibility index (Phi) is 5.14. The third kappa shape index (κ3) is 3.20. The lowest BCUT2D eigenvalue weighted by molar-refractivity contribution is 0.280. The van der Waals surface area contributed by atoms with Crippen LogP contribution in [-0.4, -0.2) is 14.2 Å². The zero-order chi connectivity index (χ0) is 14.7. The number of benzene rings is 1. The van der Waals surface area contributed by atoms with Crippen molar-refractivity contribution in [1.29, 1.82) is 0 Å². The third-order valence-corrected chi connectivity index (χ3v) is 4.87. The SMILES string of the molecule is COc1cc(F)c(C(Cl)C2CCC(C)CC2)cc1OC. The summed E-state index contributed by atoms with van der Waals surface area (Å²) in [5.41, 5.74) is 0.517. The second kappa shape index (κ2) is 6.66. The lowest BCUT2D eigenvalue weighted by atomic mass is 9.79. The summed E-state index contributed by atoms with van der Waals surface area (Å²) < 4.78 is 24.6. The van der Waals surface area contributed by atoms with E-state index in [9.17, 15) is 4.39 Å². The smallest absolute Gasteiger partial charge is 0.163 e. The highest BCUT2D eigenvalue weighted by molar-refractivity contribution is 6.21. The molecule has 0 saturated heterocycles. The molecule has 0 amide bonds. The van der Waals surface area contributed by atoms with E-state index in [1.807, 2.05) is 0 Å². The van der Waals surface area contributed by atoms with Crippen molar-refractivity contribution in [2.75, 3.05) is 14.2 Å². The molecular weight excluding hydrogens is 279 g/mol. The third-order valence-electron chi connectivity index (χ3n) is 4.27. The van der Waals surface area contributed by atoms with E-state index in [2.05, 4.69) is 6.92 Å². The number of ether oxygens (including phenoxy) is 2. The Morgan fingerprint density at radius 1 is 1.10 bits per heavy atom. The van der Waals surface area contributed by atoms with E-state index in [0.717, 1.165) is 18.8 Å². The molecule has 0 bridgehead atoms. The van der Waals surface area contributed by atoms with Gasteiger partial charge in [0.05, 0.1) is 19.6 Å². The van der Waals surface area contributed by atoms with Crippen LogP contribution < -0.4 is 9.47 Å². The molecule has 0 aromatic heterocycles. The van der Waals surface area contributed by atoms with Crippen LogP contribution in [0.4, 0.5) is 4.39 Å². The van der Waals surface area contributed by atoms with Crippen molar-refractivity contribution in [2.24, 2.45) is 11.8 Å². The zero-order valence-corrected chi connectivity index (χ0v) is 13.0. The van der Waals surface area contributed by atoms with Gasteiger partial charge in [-0.3, -0.25) is 0 Å². The maximum atomic E-state index is 14.2. The second-order valence-electron chi connectivity index (χ2n) is 5.65. The fourth-order valence-corrected chi connectivity index (χ4v) is 3.33. The summed E-state index contributed by atoms with van der Waals surface area (Å²) in [4.78, 5) is 0. The summed E-state index contributed by atoms with van der Waals surface area (Å²) in [5.74, 6) is 1.70. The van der Waals surface area contributed by atoms with Crippen molar-refractivity contribution >= 4 is 11.6 Å². The zero-order valence-electron chi connectivity index (χ0n) is 12.3. The molecule has 20 heavy (non-hydrogen) atoms. The summed E-state index contributed by atoms with van der Waals surface area (Å²) >= 11 is 6.53.